The van der Waals surface area contributed by atoms with Crippen LogP contribution in [0.2, 0.25) is 0 Å². The van der Waals surface area contributed by atoms with E-state index in [1.165, 1.54) is 43.4 Å². The number of hydrogen-bond acceptors (Lipinski definition) is 3. The summed E-state index contributed by atoms with van der Waals surface area (Å²) >= 11 is 1.73. The number of fused-ring (bicyclic) bond motifs is 13. The van der Waals surface area contributed by atoms with Gasteiger partial charge in [0.05, 0.1) is 32.3 Å². The van der Waals surface area contributed by atoms with Gasteiger partial charge in [0.15, 0.2) is 5.13 Å². The van der Waals surface area contributed by atoms with Crippen LogP contribution in [0.5, 0.6) is 0 Å². The minimum atomic E-state index is 0.894. The van der Waals surface area contributed by atoms with E-state index in [2.05, 4.69) is 137 Å². The average Bonchev–Trinajstić information content (AvgIpc) is 3.86. The lowest BCUT2D eigenvalue weighted by Crippen LogP contribution is -1.96. The summed E-state index contributed by atoms with van der Waals surface area (Å²) in [7, 11) is 0. The molecule has 0 unspecified atom stereocenters. The number of thiazole rings is 1. The van der Waals surface area contributed by atoms with Gasteiger partial charge < -0.3 is 8.98 Å². The first-order valence-electron chi connectivity index (χ1n) is 15.5. The molecular formula is C41H23N3OS. The Bertz CT molecular complexity index is 2990. The van der Waals surface area contributed by atoms with Gasteiger partial charge in [-0.3, -0.25) is 4.57 Å². The summed E-state index contributed by atoms with van der Waals surface area (Å²) in [6, 6.07) is 49.9. The maximum Gasteiger partial charge on any atom is 0.195 e. The van der Waals surface area contributed by atoms with Crippen molar-refractivity contribution in [1.29, 1.82) is 0 Å². The largest absolute Gasteiger partial charge is 0.456 e. The normalized spacial score (nSPS) is 12.3. The zero-order valence-electron chi connectivity index (χ0n) is 24.4. The van der Waals surface area contributed by atoms with Gasteiger partial charge in [0, 0.05) is 38.0 Å². The third-order valence-corrected chi connectivity index (χ3v) is 10.6. The fraction of sp³-hybridized carbons (Fsp3) is 0. The molecule has 11 aromatic rings. The molecule has 0 amide bonds. The molecule has 0 fully saturated rings. The van der Waals surface area contributed by atoms with Crippen molar-refractivity contribution in [2.45, 2.75) is 0 Å². The Morgan fingerprint density at radius 3 is 2.02 bits per heavy atom. The van der Waals surface area contributed by atoms with Gasteiger partial charge in [-0.2, -0.15) is 0 Å². The highest BCUT2D eigenvalue weighted by atomic mass is 32.1. The summed E-state index contributed by atoms with van der Waals surface area (Å²) in [4.78, 5) is 5.30. The third kappa shape index (κ3) is 3.14. The molecule has 0 N–H and O–H groups in total. The van der Waals surface area contributed by atoms with Crippen molar-refractivity contribution in [2.24, 2.45) is 0 Å². The first-order chi connectivity index (χ1) is 22.8. The molecule has 0 radical (unpaired) electrons. The molecule has 0 aliphatic heterocycles. The molecule has 0 spiro atoms. The van der Waals surface area contributed by atoms with E-state index in [-0.39, 0.29) is 0 Å². The van der Waals surface area contributed by atoms with Gasteiger partial charge >= 0.3 is 0 Å². The van der Waals surface area contributed by atoms with Crippen LogP contribution in [0.4, 0.5) is 0 Å². The second-order valence-corrected chi connectivity index (χ2v) is 12.9. The van der Waals surface area contributed by atoms with E-state index in [9.17, 15) is 0 Å². The van der Waals surface area contributed by atoms with Crippen LogP contribution in [0.15, 0.2) is 144 Å². The van der Waals surface area contributed by atoms with Crippen LogP contribution in [-0.4, -0.2) is 14.1 Å². The van der Waals surface area contributed by atoms with E-state index in [1.807, 2.05) is 12.1 Å². The fourth-order valence-electron chi connectivity index (χ4n) is 7.60. The monoisotopic (exact) mass is 605 g/mol. The molecule has 4 nitrogen and oxygen atoms in total. The SMILES string of the molecule is c1ccc2c(c1)ccc1c2c2ccc(-n3c4ccccc4c4ccccc43)cc2n1-c1nc2ccc3oc4ccccc4c3c2s1. The number of benzene rings is 7. The predicted molar refractivity (Wildman–Crippen MR) is 193 cm³/mol. The summed E-state index contributed by atoms with van der Waals surface area (Å²) in [6.07, 6.45) is 0. The van der Waals surface area contributed by atoms with E-state index in [0.717, 1.165) is 54.0 Å². The van der Waals surface area contributed by atoms with Crippen LogP contribution >= 0.6 is 11.3 Å². The molecule has 0 saturated heterocycles. The lowest BCUT2D eigenvalue weighted by molar-refractivity contribution is 0.669. The van der Waals surface area contributed by atoms with Crippen molar-refractivity contribution in [1.82, 2.24) is 14.1 Å². The van der Waals surface area contributed by atoms with Crippen molar-refractivity contribution >= 4 is 97.9 Å². The Morgan fingerprint density at radius 1 is 0.478 bits per heavy atom. The molecule has 214 valence electrons. The number of para-hydroxylation sites is 3. The Kier molecular flexibility index (Phi) is 4.69. The lowest BCUT2D eigenvalue weighted by atomic mass is 10.0. The topological polar surface area (TPSA) is 35.9 Å². The lowest BCUT2D eigenvalue weighted by Gasteiger charge is -2.09. The number of hydrogen-bond donors (Lipinski definition) is 0. The summed E-state index contributed by atoms with van der Waals surface area (Å²) in [5.41, 5.74) is 8.59. The highest BCUT2D eigenvalue weighted by Gasteiger charge is 2.21. The highest BCUT2D eigenvalue weighted by Crippen LogP contribution is 2.43. The van der Waals surface area contributed by atoms with Crippen molar-refractivity contribution in [3.8, 4) is 10.8 Å². The summed E-state index contributed by atoms with van der Waals surface area (Å²) in [6.45, 7) is 0. The second-order valence-electron chi connectivity index (χ2n) is 12.0. The van der Waals surface area contributed by atoms with Crippen LogP contribution in [-0.2, 0) is 0 Å². The van der Waals surface area contributed by atoms with Crippen LogP contribution in [0.25, 0.3) is 97.4 Å². The van der Waals surface area contributed by atoms with Crippen molar-refractivity contribution < 1.29 is 4.42 Å². The van der Waals surface area contributed by atoms with Crippen LogP contribution < -0.4 is 0 Å². The van der Waals surface area contributed by atoms with Crippen LogP contribution in [0.1, 0.15) is 0 Å². The van der Waals surface area contributed by atoms with Crippen LogP contribution in [0, 0.1) is 0 Å². The second kappa shape index (κ2) is 8.84. The highest BCUT2D eigenvalue weighted by molar-refractivity contribution is 7.22. The predicted octanol–water partition coefficient (Wildman–Crippen LogP) is 11.5. The third-order valence-electron chi connectivity index (χ3n) is 9.55. The zero-order valence-corrected chi connectivity index (χ0v) is 25.3. The van der Waals surface area contributed by atoms with E-state index in [4.69, 9.17) is 9.40 Å². The number of nitrogens with zero attached hydrogens (tertiary/aromatic N) is 3. The molecular weight excluding hydrogens is 583 g/mol. The van der Waals surface area contributed by atoms with Gasteiger partial charge in [-0.1, -0.05) is 102 Å². The summed E-state index contributed by atoms with van der Waals surface area (Å²) in [5, 5.41) is 10.7. The summed E-state index contributed by atoms with van der Waals surface area (Å²) in [5.74, 6) is 0. The molecule has 0 bridgehead atoms. The number of furan rings is 1. The maximum atomic E-state index is 6.25. The van der Waals surface area contributed by atoms with Gasteiger partial charge in [0.1, 0.15) is 11.2 Å². The Labute approximate surface area is 265 Å². The first kappa shape index (κ1) is 24.4. The molecule has 7 aromatic carbocycles. The molecule has 0 aliphatic rings. The average molecular weight is 606 g/mol. The van der Waals surface area contributed by atoms with Crippen molar-refractivity contribution in [3.05, 3.63) is 140 Å². The van der Waals surface area contributed by atoms with Crippen molar-refractivity contribution in [2.75, 3.05) is 0 Å². The number of aromatic nitrogens is 3. The summed E-state index contributed by atoms with van der Waals surface area (Å²) < 4.78 is 12.2. The minimum absolute atomic E-state index is 0.894. The molecule has 5 heteroatoms. The Morgan fingerprint density at radius 2 is 1.20 bits per heavy atom. The minimum Gasteiger partial charge on any atom is -0.456 e. The Hall–Kier alpha value is -5.91. The van der Waals surface area contributed by atoms with E-state index in [1.54, 1.807) is 11.3 Å². The van der Waals surface area contributed by atoms with Gasteiger partial charge in [-0.05, 0) is 59.3 Å². The number of rotatable bonds is 2. The molecule has 0 aliphatic carbocycles. The van der Waals surface area contributed by atoms with E-state index >= 15 is 0 Å². The van der Waals surface area contributed by atoms with Gasteiger partial charge in [0.2, 0.25) is 0 Å². The first-order valence-corrected chi connectivity index (χ1v) is 16.3. The molecule has 4 heterocycles. The van der Waals surface area contributed by atoms with Gasteiger partial charge in [-0.15, -0.1) is 0 Å². The van der Waals surface area contributed by atoms with E-state index < -0.39 is 0 Å². The quantitative estimate of drug-likeness (QED) is 0.196. The van der Waals surface area contributed by atoms with E-state index in [0.29, 0.717) is 0 Å². The Balaban J connectivity index is 1.27. The fourth-order valence-corrected chi connectivity index (χ4v) is 8.75. The molecule has 0 atom stereocenters. The molecule has 46 heavy (non-hydrogen) atoms. The van der Waals surface area contributed by atoms with Crippen molar-refractivity contribution in [3.63, 3.8) is 0 Å². The van der Waals surface area contributed by atoms with Crippen LogP contribution in [0.3, 0.4) is 0 Å². The van der Waals surface area contributed by atoms with Gasteiger partial charge in [-0.25, -0.2) is 4.98 Å². The molecule has 11 rings (SSSR count). The molecule has 4 aromatic heterocycles. The zero-order chi connectivity index (χ0) is 29.9. The standard InChI is InChI=1S/C41H23N3OS/c1-2-10-26-24(9-1)17-21-34-38(26)29-19-18-25(43-32-14-6-3-11-27(32)28-12-4-7-15-33(28)43)23-35(29)44(34)41-42-31-20-22-37-39(40(31)46-41)30-13-5-8-16-36(30)45-37/h1-23H. The van der Waals surface area contributed by atoms with Gasteiger partial charge in [0.25, 0.3) is 0 Å². The maximum absolute atomic E-state index is 6.25. The smallest absolute Gasteiger partial charge is 0.195 e. The molecule has 0 saturated carbocycles.